The number of nitrogen functional groups attached to an aromatic ring is 5. The van der Waals surface area contributed by atoms with E-state index in [0.717, 1.165) is 124 Å². The van der Waals surface area contributed by atoms with Crippen molar-refractivity contribution >= 4 is 154 Å². The maximum atomic E-state index is 6.52. The fourth-order valence-electron chi connectivity index (χ4n) is 15.0. The first-order valence-electron chi connectivity index (χ1n) is 42.3. The van der Waals surface area contributed by atoms with Crippen LogP contribution in [0, 0.1) is 0 Å². The number of nitrogens with two attached hydrogens (primary N) is 5. The Bertz CT molecular complexity index is 7900. The van der Waals surface area contributed by atoms with Crippen molar-refractivity contribution in [3.8, 4) is 113 Å². The predicted octanol–water partition coefficient (Wildman–Crippen LogP) is 21.1. The van der Waals surface area contributed by atoms with E-state index in [9.17, 15) is 0 Å². The maximum Gasteiger partial charge on any atom is 0.150 e. The van der Waals surface area contributed by atoms with E-state index in [1.54, 1.807) is 60.5 Å². The number of fused-ring (bicyclic) bond motifs is 5. The molecule has 0 radical (unpaired) electrons. The summed E-state index contributed by atoms with van der Waals surface area (Å²) in [6.45, 7) is 16.0. The summed E-state index contributed by atoms with van der Waals surface area (Å²) in [4.78, 5) is 68.8. The molecule has 0 aliphatic heterocycles. The van der Waals surface area contributed by atoms with Gasteiger partial charge in [-0.15, -0.1) is 0 Å². The van der Waals surface area contributed by atoms with E-state index in [2.05, 4.69) is 115 Å². The second-order valence-electron chi connectivity index (χ2n) is 32.1. The standard InChI is InChI=1S/C21H21ClN6.C20H19ClN6.C20H17ClN6.C19H17ClN6.C19H15ClN6/c1-21(2,3)19-20(23)26-18(15-7-9-28(4)27-15)17(25-19)13-10-12-6-5-8-24-16(12)14(22)11-13;2*1-3-5-16-20(22)25-19(15-7-9-27(2)26-15)18(24-16)13-10-12-6-4-8-23-17(12)14(21)11-13;2*1-3-14-19(21)24-18(15-6-8-26(2)25-15)17(23-14)12-9-11-5-4-7-22-16(11)13(20)10-12/h5-11H,1-4H3,(H2,23,26);4,6-11H,3,5H2,1-2H3,(H2,22,25);3-11H,1-2H3,(H2,22,25);4-10H,3H2,1-2H3,(H2,21,24);3-10H,1H2,2H3,(H2,21,24)/b;;5-3+;;. The van der Waals surface area contributed by atoms with Crippen molar-refractivity contribution in [3.63, 3.8) is 0 Å². The second kappa shape index (κ2) is 39.3. The molecule has 0 atom stereocenters. The molecule has 20 rings (SSSR count). The highest BCUT2D eigenvalue weighted by molar-refractivity contribution is 6.37. The van der Waals surface area contributed by atoms with Crippen LogP contribution in [-0.4, -0.2) is 124 Å². The van der Waals surface area contributed by atoms with Gasteiger partial charge >= 0.3 is 0 Å². The molecule has 30 nitrogen and oxygen atoms in total. The van der Waals surface area contributed by atoms with Crippen molar-refractivity contribution in [2.24, 2.45) is 35.2 Å². The zero-order valence-electron chi connectivity index (χ0n) is 74.7. The van der Waals surface area contributed by atoms with Gasteiger partial charge in [0.2, 0.25) is 0 Å². The molecule has 0 bridgehead atoms. The minimum atomic E-state index is -0.253. The molecule has 10 N–H and O–H groups in total. The number of rotatable bonds is 15. The molecule has 670 valence electrons. The molecule has 15 aromatic heterocycles. The van der Waals surface area contributed by atoms with E-state index in [-0.39, 0.29) is 5.41 Å². The third-order valence-electron chi connectivity index (χ3n) is 21.3. The number of hydrogen-bond acceptors (Lipinski definition) is 25. The fraction of sp³-hybridized carbons (Fsp3) is 0.152. The van der Waals surface area contributed by atoms with Crippen LogP contribution in [0.5, 0.6) is 0 Å². The van der Waals surface area contributed by atoms with Gasteiger partial charge in [0.15, 0.2) is 0 Å². The zero-order chi connectivity index (χ0) is 94.5. The second-order valence-corrected chi connectivity index (χ2v) is 34.2. The molecule has 0 spiro atoms. The first kappa shape index (κ1) is 91.8. The predicted molar refractivity (Wildman–Crippen MR) is 539 cm³/mol. The number of allylic oxidation sites excluding steroid dienone is 1. The highest BCUT2D eigenvalue weighted by atomic mass is 35.5. The monoisotopic (exact) mass is 1870 g/mol. The van der Waals surface area contributed by atoms with E-state index in [1.807, 2.05) is 244 Å². The molecular weight excluding hydrogens is 1790 g/mol. The van der Waals surface area contributed by atoms with Gasteiger partial charge < -0.3 is 28.7 Å². The van der Waals surface area contributed by atoms with Gasteiger partial charge in [-0.25, -0.2) is 49.8 Å². The zero-order valence-corrected chi connectivity index (χ0v) is 78.5. The molecule has 20 aromatic rings. The molecule has 5 aromatic carbocycles. The van der Waals surface area contributed by atoms with Crippen molar-refractivity contribution in [3.05, 3.63) is 280 Å². The summed E-state index contributed by atoms with van der Waals surface area (Å²) in [6, 6.07) is 48.0. The van der Waals surface area contributed by atoms with Gasteiger partial charge in [-0.2, -0.15) is 25.5 Å². The van der Waals surface area contributed by atoms with E-state index in [4.69, 9.17) is 107 Å². The molecule has 0 saturated heterocycles. The average molecular weight is 1880 g/mol. The molecule has 134 heavy (non-hydrogen) atoms. The number of pyridine rings is 5. The van der Waals surface area contributed by atoms with Crippen LogP contribution < -0.4 is 28.7 Å². The van der Waals surface area contributed by atoms with Crippen molar-refractivity contribution in [1.82, 2.24) is 124 Å². The van der Waals surface area contributed by atoms with Gasteiger partial charge in [-0.1, -0.05) is 142 Å². The smallest absolute Gasteiger partial charge is 0.150 e. The van der Waals surface area contributed by atoms with Crippen molar-refractivity contribution in [1.29, 1.82) is 0 Å². The van der Waals surface area contributed by atoms with Crippen LogP contribution in [0.2, 0.25) is 25.1 Å². The molecule has 35 heteroatoms. The molecule has 0 saturated carbocycles. The quantitative estimate of drug-likeness (QED) is 0.0636. The molecule has 0 amide bonds. The van der Waals surface area contributed by atoms with Crippen LogP contribution in [0.15, 0.2) is 226 Å². The van der Waals surface area contributed by atoms with Gasteiger partial charge in [0.25, 0.3) is 0 Å². The maximum absolute atomic E-state index is 6.52. The normalized spacial score (nSPS) is 11.4. The van der Waals surface area contributed by atoms with Crippen molar-refractivity contribution < 1.29 is 0 Å². The van der Waals surface area contributed by atoms with E-state index in [0.29, 0.717) is 146 Å². The van der Waals surface area contributed by atoms with Crippen LogP contribution in [-0.2, 0) is 53.5 Å². The van der Waals surface area contributed by atoms with Crippen LogP contribution >= 0.6 is 58.0 Å². The SMILES string of the molecule is C/C=C/c1nc(-c2cc(Cl)c3ncccc3c2)c(-c2ccn(C)n2)nc1N.C=Cc1nc(-c2cc(Cl)c3ncccc3c2)c(-c2ccn(C)n2)nc1N.CCCc1nc(-c2cc(Cl)c3ncccc3c2)c(-c2ccn(C)n2)nc1N.CCc1nc(-c2cc(Cl)c3ncccc3c2)c(-c2ccn(C)n2)nc1N.Cn1ccc(-c2nc(N)c(C(C)(C)C)nc2-c2cc(Cl)c3ncccc3c2)n1. The Kier molecular flexibility index (Phi) is 26.9. The number of halogens is 5. The average Bonchev–Trinajstić information content (AvgIpc) is 1.24. The van der Waals surface area contributed by atoms with Crippen LogP contribution in [0.4, 0.5) is 29.1 Å². The first-order chi connectivity index (χ1) is 64.5. The summed E-state index contributed by atoms with van der Waals surface area (Å²) in [5.74, 6) is 1.93. The summed E-state index contributed by atoms with van der Waals surface area (Å²) in [7, 11) is 9.29. The van der Waals surface area contributed by atoms with E-state index >= 15 is 0 Å². The van der Waals surface area contributed by atoms with Gasteiger partial charge in [-0.05, 0) is 153 Å². The van der Waals surface area contributed by atoms with Crippen LogP contribution in [0.1, 0.15) is 76.4 Å². The lowest BCUT2D eigenvalue weighted by Gasteiger charge is -2.21. The van der Waals surface area contributed by atoms with Crippen molar-refractivity contribution in [2.45, 2.75) is 66.2 Å². The van der Waals surface area contributed by atoms with Gasteiger partial charge in [0, 0.05) is 157 Å². The Morgan fingerprint density at radius 1 is 0.328 bits per heavy atom. The summed E-state index contributed by atoms with van der Waals surface area (Å²) in [5, 5.41) is 29.8. The van der Waals surface area contributed by atoms with Gasteiger partial charge in [0.1, 0.15) is 97.4 Å². The lowest BCUT2D eigenvalue weighted by Crippen LogP contribution is -2.18. The topological polar surface area (TPSA) is 413 Å². The summed E-state index contributed by atoms with van der Waals surface area (Å²) < 4.78 is 8.60. The Labute approximate surface area is 795 Å². The lowest BCUT2D eigenvalue weighted by atomic mass is 9.91. The number of hydrogen-bond donors (Lipinski definition) is 5. The van der Waals surface area contributed by atoms with Crippen LogP contribution in [0.25, 0.3) is 180 Å². The number of aryl methyl sites for hydroxylation is 7. The number of benzene rings is 5. The van der Waals surface area contributed by atoms with Gasteiger partial charge in [-0.3, -0.25) is 48.3 Å². The van der Waals surface area contributed by atoms with E-state index < -0.39 is 0 Å². The molecule has 0 fully saturated rings. The molecule has 0 unspecified atom stereocenters. The Balaban J connectivity index is 0.000000122. The Morgan fingerprint density at radius 3 is 0.873 bits per heavy atom. The Morgan fingerprint density at radius 2 is 0.597 bits per heavy atom. The number of nitrogens with zero attached hydrogens (tertiary/aromatic N) is 25. The summed E-state index contributed by atoms with van der Waals surface area (Å²) in [5.41, 5.74) is 51.9. The number of aromatic nitrogens is 25. The minimum Gasteiger partial charge on any atom is -0.382 e. The lowest BCUT2D eigenvalue weighted by molar-refractivity contribution is 0.570. The third-order valence-corrected chi connectivity index (χ3v) is 22.8. The molecule has 15 heterocycles. The minimum absolute atomic E-state index is 0.253. The van der Waals surface area contributed by atoms with Crippen molar-refractivity contribution in [2.75, 3.05) is 28.7 Å². The highest BCUT2D eigenvalue weighted by Crippen LogP contribution is 2.43. The van der Waals surface area contributed by atoms with Crippen LogP contribution in [0.3, 0.4) is 0 Å². The molecule has 0 aliphatic rings. The first-order valence-corrected chi connectivity index (χ1v) is 44.2. The Hall–Kier alpha value is -15.5. The summed E-state index contributed by atoms with van der Waals surface area (Å²) >= 11 is 32.4. The molecular formula is C99H89Cl5N30. The largest absolute Gasteiger partial charge is 0.382 e. The summed E-state index contributed by atoms with van der Waals surface area (Å²) in [6.07, 6.45) is 25.6. The fourth-order valence-corrected chi connectivity index (χ4v) is 16.4. The van der Waals surface area contributed by atoms with E-state index in [1.165, 1.54) is 0 Å². The molecule has 0 aliphatic carbocycles. The number of anilines is 5. The third kappa shape index (κ3) is 19.8. The highest BCUT2D eigenvalue weighted by Gasteiger charge is 2.28. The van der Waals surface area contributed by atoms with Gasteiger partial charge in [0.05, 0.1) is 98.2 Å².